The SMILES string of the molecule is CC(C)Oc1ccc(-c2c(CCN)nc3ccccn23)cc1. The van der Waals surface area contributed by atoms with E-state index in [0.29, 0.717) is 6.54 Å². The lowest BCUT2D eigenvalue weighted by Crippen LogP contribution is -2.05. The van der Waals surface area contributed by atoms with Crippen molar-refractivity contribution in [2.75, 3.05) is 6.54 Å². The van der Waals surface area contributed by atoms with Crippen LogP contribution in [0.4, 0.5) is 0 Å². The van der Waals surface area contributed by atoms with Crippen molar-refractivity contribution < 1.29 is 4.74 Å². The molecule has 0 amide bonds. The van der Waals surface area contributed by atoms with Gasteiger partial charge in [-0.3, -0.25) is 4.40 Å². The van der Waals surface area contributed by atoms with E-state index in [-0.39, 0.29) is 6.10 Å². The number of ether oxygens (including phenoxy) is 1. The molecule has 0 aliphatic rings. The van der Waals surface area contributed by atoms with Crippen LogP contribution in [0.15, 0.2) is 48.7 Å². The molecule has 0 unspecified atom stereocenters. The fraction of sp³-hybridized carbons (Fsp3) is 0.278. The van der Waals surface area contributed by atoms with Gasteiger partial charge < -0.3 is 10.5 Å². The molecular formula is C18H21N3O. The summed E-state index contributed by atoms with van der Waals surface area (Å²) in [7, 11) is 0. The molecule has 0 spiro atoms. The molecule has 0 bridgehead atoms. The molecule has 2 heterocycles. The summed E-state index contributed by atoms with van der Waals surface area (Å²) >= 11 is 0. The second kappa shape index (κ2) is 6.20. The molecule has 2 aromatic heterocycles. The second-order valence-corrected chi connectivity index (χ2v) is 5.57. The van der Waals surface area contributed by atoms with Crippen LogP contribution < -0.4 is 10.5 Å². The molecule has 0 atom stereocenters. The summed E-state index contributed by atoms with van der Waals surface area (Å²) in [4.78, 5) is 4.70. The number of imidazole rings is 1. The zero-order valence-corrected chi connectivity index (χ0v) is 13.0. The van der Waals surface area contributed by atoms with Gasteiger partial charge in [-0.1, -0.05) is 6.07 Å². The van der Waals surface area contributed by atoms with Gasteiger partial charge in [0.25, 0.3) is 0 Å². The third-order valence-electron chi connectivity index (χ3n) is 3.48. The van der Waals surface area contributed by atoms with E-state index >= 15 is 0 Å². The Kier molecular flexibility index (Phi) is 4.11. The van der Waals surface area contributed by atoms with Crippen LogP contribution >= 0.6 is 0 Å². The summed E-state index contributed by atoms with van der Waals surface area (Å²) < 4.78 is 7.82. The summed E-state index contributed by atoms with van der Waals surface area (Å²) in [5.41, 5.74) is 9.95. The Hall–Kier alpha value is -2.33. The Bertz CT molecular complexity index is 760. The van der Waals surface area contributed by atoms with Gasteiger partial charge in [-0.15, -0.1) is 0 Å². The number of fused-ring (bicyclic) bond motifs is 1. The molecule has 4 heteroatoms. The fourth-order valence-electron chi connectivity index (χ4n) is 2.62. The Labute approximate surface area is 130 Å². The molecule has 0 aliphatic heterocycles. The van der Waals surface area contributed by atoms with E-state index in [2.05, 4.69) is 16.5 Å². The minimum Gasteiger partial charge on any atom is -0.491 e. The third-order valence-corrected chi connectivity index (χ3v) is 3.48. The van der Waals surface area contributed by atoms with E-state index in [1.807, 2.05) is 50.4 Å². The van der Waals surface area contributed by atoms with Crippen LogP contribution in [-0.4, -0.2) is 22.0 Å². The molecule has 1 aromatic carbocycles. The molecule has 2 N–H and O–H groups in total. The Balaban J connectivity index is 2.06. The summed E-state index contributed by atoms with van der Waals surface area (Å²) in [6.45, 7) is 4.64. The Morgan fingerprint density at radius 3 is 2.59 bits per heavy atom. The highest BCUT2D eigenvalue weighted by Gasteiger charge is 2.13. The minimum absolute atomic E-state index is 0.175. The van der Waals surface area contributed by atoms with Gasteiger partial charge in [0.05, 0.1) is 17.5 Å². The van der Waals surface area contributed by atoms with Crippen LogP contribution in [0.3, 0.4) is 0 Å². The first-order valence-corrected chi connectivity index (χ1v) is 7.62. The molecule has 0 saturated heterocycles. The van der Waals surface area contributed by atoms with Gasteiger partial charge in [-0.25, -0.2) is 4.98 Å². The van der Waals surface area contributed by atoms with Crippen molar-refractivity contribution in [1.82, 2.24) is 9.38 Å². The van der Waals surface area contributed by atoms with Crippen molar-refractivity contribution in [3.63, 3.8) is 0 Å². The topological polar surface area (TPSA) is 52.5 Å². The zero-order chi connectivity index (χ0) is 15.5. The number of hydrogen-bond acceptors (Lipinski definition) is 3. The predicted octanol–water partition coefficient (Wildman–Crippen LogP) is 3.29. The highest BCUT2D eigenvalue weighted by Crippen LogP contribution is 2.27. The molecule has 0 saturated carbocycles. The quantitative estimate of drug-likeness (QED) is 0.786. The van der Waals surface area contributed by atoms with Gasteiger partial charge in [0.1, 0.15) is 11.4 Å². The van der Waals surface area contributed by atoms with Crippen LogP contribution in [0.1, 0.15) is 19.5 Å². The Morgan fingerprint density at radius 1 is 1.14 bits per heavy atom. The maximum absolute atomic E-state index is 5.74. The molecule has 0 fully saturated rings. The summed E-state index contributed by atoms with van der Waals surface area (Å²) in [5, 5.41) is 0. The molecular weight excluding hydrogens is 274 g/mol. The summed E-state index contributed by atoms with van der Waals surface area (Å²) in [5.74, 6) is 0.882. The van der Waals surface area contributed by atoms with Crippen molar-refractivity contribution >= 4 is 5.65 Å². The number of pyridine rings is 1. The monoisotopic (exact) mass is 295 g/mol. The van der Waals surface area contributed by atoms with Gasteiger partial charge in [-0.2, -0.15) is 0 Å². The number of nitrogens with zero attached hydrogens (tertiary/aromatic N) is 2. The number of nitrogens with two attached hydrogens (primary N) is 1. The van der Waals surface area contributed by atoms with Crippen molar-refractivity contribution in [1.29, 1.82) is 0 Å². The largest absolute Gasteiger partial charge is 0.491 e. The number of rotatable bonds is 5. The van der Waals surface area contributed by atoms with Crippen molar-refractivity contribution in [2.45, 2.75) is 26.4 Å². The number of aromatic nitrogens is 2. The summed E-state index contributed by atoms with van der Waals surface area (Å²) in [6, 6.07) is 14.2. The van der Waals surface area contributed by atoms with E-state index < -0.39 is 0 Å². The number of hydrogen-bond donors (Lipinski definition) is 1. The lowest BCUT2D eigenvalue weighted by Gasteiger charge is -2.10. The smallest absolute Gasteiger partial charge is 0.137 e. The molecule has 0 aliphatic carbocycles. The van der Waals surface area contributed by atoms with Crippen LogP contribution in [0.5, 0.6) is 5.75 Å². The highest BCUT2D eigenvalue weighted by molar-refractivity contribution is 5.68. The predicted molar refractivity (Wildman–Crippen MR) is 89.2 cm³/mol. The van der Waals surface area contributed by atoms with E-state index in [4.69, 9.17) is 15.5 Å². The van der Waals surface area contributed by atoms with E-state index in [1.54, 1.807) is 0 Å². The normalized spacial score (nSPS) is 11.3. The number of benzene rings is 1. The fourth-order valence-corrected chi connectivity index (χ4v) is 2.62. The van der Waals surface area contributed by atoms with Crippen LogP contribution in [0.25, 0.3) is 16.9 Å². The first-order valence-electron chi connectivity index (χ1n) is 7.62. The molecule has 22 heavy (non-hydrogen) atoms. The second-order valence-electron chi connectivity index (χ2n) is 5.57. The van der Waals surface area contributed by atoms with Gasteiger partial charge >= 0.3 is 0 Å². The zero-order valence-electron chi connectivity index (χ0n) is 13.0. The molecule has 114 valence electrons. The maximum Gasteiger partial charge on any atom is 0.137 e. The molecule has 3 rings (SSSR count). The van der Waals surface area contributed by atoms with E-state index in [1.165, 1.54) is 0 Å². The van der Waals surface area contributed by atoms with E-state index in [9.17, 15) is 0 Å². The average Bonchev–Trinajstić information content (AvgIpc) is 2.86. The van der Waals surface area contributed by atoms with Crippen molar-refractivity contribution in [3.05, 3.63) is 54.4 Å². The molecule has 4 nitrogen and oxygen atoms in total. The lowest BCUT2D eigenvalue weighted by molar-refractivity contribution is 0.242. The van der Waals surface area contributed by atoms with Crippen LogP contribution in [0.2, 0.25) is 0 Å². The lowest BCUT2D eigenvalue weighted by atomic mass is 10.1. The first kappa shape index (κ1) is 14.6. The van der Waals surface area contributed by atoms with Gasteiger partial charge in [-0.05, 0) is 56.8 Å². The standard InChI is InChI=1S/C18H21N3O/c1-13(2)22-15-8-6-14(7-9-15)18-16(10-11-19)20-17-5-3-4-12-21(17)18/h3-9,12-13H,10-11,19H2,1-2H3. The van der Waals surface area contributed by atoms with Gasteiger partial charge in [0.2, 0.25) is 0 Å². The van der Waals surface area contributed by atoms with Crippen molar-refractivity contribution in [3.8, 4) is 17.0 Å². The van der Waals surface area contributed by atoms with Crippen molar-refractivity contribution in [2.24, 2.45) is 5.73 Å². The Morgan fingerprint density at radius 2 is 1.91 bits per heavy atom. The van der Waals surface area contributed by atoms with Crippen LogP contribution in [-0.2, 0) is 6.42 Å². The van der Waals surface area contributed by atoms with Crippen LogP contribution in [0, 0.1) is 0 Å². The average molecular weight is 295 g/mol. The first-order chi connectivity index (χ1) is 10.7. The summed E-state index contributed by atoms with van der Waals surface area (Å²) in [6.07, 6.45) is 2.98. The van der Waals surface area contributed by atoms with Gasteiger partial charge in [0.15, 0.2) is 0 Å². The van der Waals surface area contributed by atoms with E-state index in [0.717, 1.165) is 34.8 Å². The minimum atomic E-state index is 0.175. The highest BCUT2D eigenvalue weighted by atomic mass is 16.5. The maximum atomic E-state index is 5.74. The van der Waals surface area contributed by atoms with Gasteiger partial charge in [0, 0.05) is 18.2 Å². The molecule has 3 aromatic rings. The third kappa shape index (κ3) is 2.83. The molecule has 0 radical (unpaired) electrons.